The first-order chi connectivity index (χ1) is 17.1. The molecule has 178 valence electrons. The number of ether oxygens (including phenoxy) is 2. The predicted molar refractivity (Wildman–Crippen MR) is 139 cm³/mol. The van der Waals surface area contributed by atoms with Crippen LogP contribution in [0.25, 0.3) is 6.08 Å². The average Bonchev–Trinajstić information content (AvgIpc) is 3.30. The molecular formula is C30H30N2O3. The molecule has 3 aromatic rings. The van der Waals surface area contributed by atoms with Crippen LogP contribution < -0.4 is 9.47 Å². The molecule has 5 heteroatoms. The second-order valence-corrected chi connectivity index (χ2v) is 9.16. The Labute approximate surface area is 206 Å². The van der Waals surface area contributed by atoms with Crippen molar-refractivity contribution >= 4 is 17.7 Å². The van der Waals surface area contributed by atoms with Gasteiger partial charge in [0.2, 0.25) is 0 Å². The van der Waals surface area contributed by atoms with E-state index in [0.29, 0.717) is 5.56 Å². The molecule has 0 radical (unpaired) electrons. The van der Waals surface area contributed by atoms with Crippen molar-refractivity contribution in [3.05, 3.63) is 101 Å². The van der Waals surface area contributed by atoms with Gasteiger partial charge in [-0.2, -0.15) is 5.10 Å². The molecule has 35 heavy (non-hydrogen) atoms. The fourth-order valence-electron chi connectivity index (χ4n) is 5.03. The summed E-state index contributed by atoms with van der Waals surface area (Å²) >= 11 is 0. The first kappa shape index (κ1) is 22.9. The summed E-state index contributed by atoms with van der Waals surface area (Å²) in [6.45, 7) is 2.02. The van der Waals surface area contributed by atoms with E-state index in [0.717, 1.165) is 53.2 Å². The van der Waals surface area contributed by atoms with E-state index in [4.69, 9.17) is 14.6 Å². The topological polar surface area (TPSA) is 51.1 Å². The van der Waals surface area contributed by atoms with E-state index in [1.165, 1.54) is 5.57 Å². The van der Waals surface area contributed by atoms with Gasteiger partial charge in [-0.3, -0.25) is 4.79 Å². The molecule has 1 amide bonds. The van der Waals surface area contributed by atoms with Crippen molar-refractivity contribution in [2.24, 2.45) is 11.0 Å². The molecule has 0 spiro atoms. The summed E-state index contributed by atoms with van der Waals surface area (Å²) in [6.07, 6.45) is 5.21. The molecule has 2 atom stereocenters. The summed E-state index contributed by atoms with van der Waals surface area (Å²) in [5, 5.41) is 6.70. The number of rotatable bonds is 5. The van der Waals surface area contributed by atoms with E-state index in [-0.39, 0.29) is 17.9 Å². The molecule has 0 unspecified atom stereocenters. The van der Waals surface area contributed by atoms with Crippen molar-refractivity contribution < 1.29 is 14.3 Å². The van der Waals surface area contributed by atoms with Crippen molar-refractivity contribution in [1.29, 1.82) is 0 Å². The highest BCUT2D eigenvalue weighted by molar-refractivity contribution is 6.09. The lowest BCUT2D eigenvalue weighted by Crippen LogP contribution is -2.31. The Morgan fingerprint density at radius 3 is 2.17 bits per heavy atom. The maximum absolute atomic E-state index is 13.7. The first-order valence-corrected chi connectivity index (χ1v) is 12.0. The Morgan fingerprint density at radius 1 is 0.914 bits per heavy atom. The second kappa shape index (κ2) is 9.79. The molecule has 2 aliphatic rings. The third-order valence-corrected chi connectivity index (χ3v) is 6.92. The fraction of sp³-hybridized carbons (Fsp3) is 0.267. The maximum atomic E-state index is 13.7. The molecule has 1 aliphatic heterocycles. The van der Waals surface area contributed by atoms with Gasteiger partial charge in [-0.1, -0.05) is 42.0 Å². The van der Waals surface area contributed by atoms with E-state index in [1.807, 2.05) is 55.5 Å². The van der Waals surface area contributed by atoms with Gasteiger partial charge in [-0.05, 0) is 85.4 Å². The molecule has 0 aromatic heterocycles. The highest BCUT2D eigenvalue weighted by Gasteiger charge is 2.43. The molecule has 0 bridgehead atoms. The number of fused-ring (bicyclic) bond motifs is 1. The smallest absolute Gasteiger partial charge is 0.274 e. The van der Waals surface area contributed by atoms with Crippen LogP contribution in [0.2, 0.25) is 0 Å². The Bertz CT molecular complexity index is 1260. The molecule has 1 saturated carbocycles. The Hall–Kier alpha value is -3.86. The SMILES string of the molecule is COc1ccc(/C=C2/CCC[C@@H]3C2=NN(C(=O)c2ccc(C)cc2)[C@@H]3c2ccc(OC)cc2)cc1. The summed E-state index contributed by atoms with van der Waals surface area (Å²) in [7, 11) is 3.34. The average molecular weight is 467 g/mol. The lowest BCUT2D eigenvalue weighted by molar-refractivity contribution is 0.0681. The number of hydrogen-bond acceptors (Lipinski definition) is 4. The number of hydrazone groups is 1. The number of benzene rings is 3. The van der Waals surface area contributed by atoms with Gasteiger partial charge in [-0.25, -0.2) is 5.01 Å². The minimum absolute atomic E-state index is 0.0727. The van der Waals surface area contributed by atoms with Crippen LogP contribution in [-0.2, 0) is 0 Å². The van der Waals surface area contributed by atoms with Gasteiger partial charge in [0.25, 0.3) is 5.91 Å². The molecule has 5 rings (SSSR count). The van der Waals surface area contributed by atoms with Gasteiger partial charge < -0.3 is 9.47 Å². The molecule has 0 N–H and O–H groups in total. The van der Waals surface area contributed by atoms with Gasteiger partial charge in [0.1, 0.15) is 11.5 Å². The lowest BCUT2D eigenvalue weighted by atomic mass is 9.77. The van der Waals surface area contributed by atoms with Crippen LogP contribution in [0.3, 0.4) is 0 Å². The molecule has 3 aromatic carbocycles. The van der Waals surface area contributed by atoms with Gasteiger partial charge >= 0.3 is 0 Å². The Balaban J connectivity index is 1.55. The minimum atomic E-state index is -0.149. The second-order valence-electron chi connectivity index (χ2n) is 9.16. The van der Waals surface area contributed by atoms with E-state index < -0.39 is 0 Å². The summed E-state index contributed by atoms with van der Waals surface area (Å²) < 4.78 is 10.7. The van der Waals surface area contributed by atoms with Gasteiger partial charge in [-0.15, -0.1) is 0 Å². The number of hydrogen-bond donors (Lipinski definition) is 0. The van der Waals surface area contributed by atoms with E-state index in [1.54, 1.807) is 19.2 Å². The van der Waals surface area contributed by atoms with Crippen LogP contribution >= 0.6 is 0 Å². The Morgan fingerprint density at radius 2 is 1.54 bits per heavy atom. The Kier molecular flexibility index (Phi) is 6.41. The van der Waals surface area contributed by atoms with Crippen molar-refractivity contribution in [2.45, 2.75) is 32.2 Å². The fourth-order valence-corrected chi connectivity index (χ4v) is 5.03. The molecule has 5 nitrogen and oxygen atoms in total. The normalized spacial score (nSPS) is 20.4. The van der Waals surface area contributed by atoms with Crippen LogP contribution in [0.1, 0.15) is 52.4 Å². The number of methoxy groups -OCH3 is 2. The van der Waals surface area contributed by atoms with Gasteiger partial charge in [0.05, 0.1) is 26.0 Å². The molecule has 1 aliphatic carbocycles. The van der Waals surface area contributed by atoms with Crippen LogP contribution in [0.5, 0.6) is 11.5 Å². The predicted octanol–water partition coefficient (Wildman–Crippen LogP) is 6.45. The lowest BCUT2D eigenvalue weighted by Gasteiger charge is -2.29. The molecular weight excluding hydrogens is 436 g/mol. The minimum Gasteiger partial charge on any atom is -0.497 e. The molecule has 1 fully saturated rings. The zero-order chi connectivity index (χ0) is 24.4. The quantitative estimate of drug-likeness (QED) is 0.434. The third kappa shape index (κ3) is 4.59. The number of amides is 1. The highest BCUT2D eigenvalue weighted by atomic mass is 16.5. The number of aryl methyl sites for hydroxylation is 1. The van der Waals surface area contributed by atoms with Gasteiger partial charge in [0.15, 0.2) is 0 Å². The van der Waals surface area contributed by atoms with E-state index in [2.05, 4.69) is 30.3 Å². The maximum Gasteiger partial charge on any atom is 0.274 e. The number of nitrogens with zero attached hydrogens (tertiary/aromatic N) is 2. The van der Waals surface area contributed by atoms with Crippen LogP contribution in [0.4, 0.5) is 0 Å². The molecule has 1 heterocycles. The standard InChI is InChI=1S/C30H30N2O3/c1-20-7-11-23(12-8-20)30(33)32-29(22-13-17-26(35-3)18-14-22)27-6-4-5-24(28(27)31-32)19-21-9-15-25(34-2)16-10-21/h7-19,27,29H,4-6H2,1-3H3/b24-19-/t27-,29-/m1/s1. The van der Waals surface area contributed by atoms with E-state index in [9.17, 15) is 4.79 Å². The number of carbonyl (C=O) groups is 1. The van der Waals surface area contributed by atoms with Crippen molar-refractivity contribution in [3.8, 4) is 11.5 Å². The largest absolute Gasteiger partial charge is 0.497 e. The van der Waals surface area contributed by atoms with Crippen molar-refractivity contribution in [3.63, 3.8) is 0 Å². The van der Waals surface area contributed by atoms with E-state index >= 15 is 0 Å². The van der Waals surface area contributed by atoms with Crippen LogP contribution in [0, 0.1) is 12.8 Å². The summed E-state index contributed by atoms with van der Waals surface area (Å²) in [5.41, 5.74) is 6.17. The highest BCUT2D eigenvalue weighted by Crippen LogP contribution is 2.45. The summed E-state index contributed by atoms with van der Waals surface area (Å²) in [5.74, 6) is 1.71. The number of carbonyl (C=O) groups excluding carboxylic acids is 1. The van der Waals surface area contributed by atoms with Crippen molar-refractivity contribution in [1.82, 2.24) is 5.01 Å². The number of allylic oxidation sites excluding steroid dienone is 1. The zero-order valence-electron chi connectivity index (χ0n) is 20.4. The zero-order valence-corrected chi connectivity index (χ0v) is 20.4. The van der Waals surface area contributed by atoms with Crippen LogP contribution in [0.15, 0.2) is 83.5 Å². The van der Waals surface area contributed by atoms with Crippen molar-refractivity contribution in [2.75, 3.05) is 14.2 Å². The van der Waals surface area contributed by atoms with Crippen LogP contribution in [-0.4, -0.2) is 30.8 Å². The van der Waals surface area contributed by atoms with Gasteiger partial charge in [0, 0.05) is 11.5 Å². The summed E-state index contributed by atoms with van der Waals surface area (Å²) in [6, 6.07) is 23.6. The first-order valence-electron chi connectivity index (χ1n) is 12.0. The summed E-state index contributed by atoms with van der Waals surface area (Å²) in [4.78, 5) is 13.7. The monoisotopic (exact) mass is 466 g/mol. The third-order valence-electron chi connectivity index (χ3n) is 6.92. The molecule has 0 saturated heterocycles.